The molecule has 5 nitrogen and oxygen atoms in total. The molecule has 3 rings (SSSR count). The Morgan fingerprint density at radius 1 is 1.32 bits per heavy atom. The maximum atomic E-state index is 11.9. The molecule has 1 aromatic heterocycles. The highest BCUT2D eigenvalue weighted by Gasteiger charge is 2.13. The first kappa shape index (κ1) is 14.8. The summed E-state index contributed by atoms with van der Waals surface area (Å²) < 4.78 is 10.6. The molecule has 1 aliphatic rings. The number of nitrogens with zero attached hydrogens (tertiary/aromatic N) is 1. The number of hydrogen-bond acceptors (Lipinski definition) is 5. The van der Waals surface area contributed by atoms with E-state index in [2.05, 4.69) is 10.3 Å². The van der Waals surface area contributed by atoms with E-state index in [1.807, 2.05) is 30.5 Å². The van der Waals surface area contributed by atoms with Gasteiger partial charge < -0.3 is 14.8 Å². The van der Waals surface area contributed by atoms with Crippen LogP contribution in [0.2, 0.25) is 0 Å². The normalized spacial score (nSPS) is 12.4. The van der Waals surface area contributed by atoms with Gasteiger partial charge in [0.25, 0.3) is 0 Å². The largest absolute Gasteiger partial charge is 0.454 e. The number of benzene rings is 1. The fourth-order valence-corrected chi connectivity index (χ4v) is 2.94. The van der Waals surface area contributed by atoms with Crippen molar-refractivity contribution in [3.63, 3.8) is 0 Å². The monoisotopic (exact) mass is 318 g/mol. The highest BCUT2D eigenvalue weighted by molar-refractivity contribution is 7.09. The highest BCUT2D eigenvalue weighted by Crippen LogP contribution is 2.32. The van der Waals surface area contributed by atoms with Crippen LogP contribution in [-0.2, 0) is 17.6 Å². The lowest BCUT2D eigenvalue weighted by Crippen LogP contribution is -2.25. The molecule has 0 atom stereocenters. The number of aromatic nitrogens is 1. The Balaban J connectivity index is 1.40. The summed E-state index contributed by atoms with van der Waals surface area (Å²) in [4.78, 5) is 16.2. The Hall–Kier alpha value is -2.08. The van der Waals surface area contributed by atoms with Crippen LogP contribution in [0.1, 0.15) is 22.7 Å². The molecular formula is C16H18N2O3S. The van der Waals surface area contributed by atoms with Crippen LogP contribution >= 0.6 is 11.3 Å². The summed E-state index contributed by atoms with van der Waals surface area (Å²) in [6, 6.07) is 5.80. The molecule has 0 aliphatic carbocycles. The maximum absolute atomic E-state index is 11.9. The van der Waals surface area contributed by atoms with Crippen LogP contribution in [0.15, 0.2) is 23.6 Å². The van der Waals surface area contributed by atoms with Gasteiger partial charge in [-0.15, -0.1) is 11.3 Å². The minimum Gasteiger partial charge on any atom is -0.454 e. The summed E-state index contributed by atoms with van der Waals surface area (Å²) in [6.07, 6.45) is 1.94. The van der Waals surface area contributed by atoms with Crippen molar-refractivity contribution in [2.75, 3.05) is 13.3 Å². The fraction of sp³-hybridized carbons (Fsp3) is 0.375. The van der Waals surface area contributed by atoms with E-state index in [1.165, 1.54) is 0 Å². The zero-order chi connectivity index (χ0) is 15.4. The van der Waals surface area contributed by atoms with Gasteiger partial charge in [0.2, 0.25) is 12.7 Å². The van der Waals surface area contributed by atoms with E-state index in [0.717, 1.165) is 34.2 Å². The third-order valence-corrected chi connectivity index (χ3v) is 4.27. The van der Waals surface area contributed by atoms with Gasteiger partial charge in [-0.2, -0.15) is 0 Å². The molecule has 0 saturated heterocycles. The van der Waals surface area contributed by atoms with Crippen LogP contribution in [-0.4, -0.2) is 24.2 Å². The van der Waals surface area contributed by atoms with Crippen LogP contribution in [0.4, 0.5) is 0 Å². The SMILES string of the molecule is Cc1nc(CCNC(=O)CCc2ccc3c(c2)OCO3)cs1. The number of amides is 1. The van der Waals surface area contributed by atoms with Gasteiger partial charge in [0.05, 0.1) is 10.7 Å². The average Bonchev–Trinajstić information content (AvgIpc) is 3.13. The predicted molar refractivity (Wildman–Crippen MR) is 84.5 cm³/mol. The van der Waals surface area contributed by atoms with Gasteiger partial charge in [-0.25, -0.2) is 4.98 Å². The van der Waals surface area contributed by atoms with Gasteiger partial charge >= 0.3 is 0 Å². The van der Waals surface area contributed by atoms with Gasteiger partial charge in [0.15, 0.2) is 11.5 Å². The Kier molecular flexibility index (Phi) is 4.58. The van der Waals surface area contributed by atoms with Gasteiger partial charge in [0, 0.05) is 24.8 Å². The Morgan fingerprint density at radius 2 is 2.18 bits per heavy atom. The summed E-state index contributed by atoms with van der Waals surface area (Å²) in [6.45, 7) is 2.89. The Morgan fingerprint density at radius 3 is 3.00 bits per heavy atom. The Bertz CT molecular complexity index is 669. The van der Waals surface area contributed by atoms with Crippen molar-refractivity contribution in [3.05, 3.63) is 39.8 Å². The molecule has 0 radical (unpaired) electrons. The number of thiazole rings is 1. The zero-order valence-corrected chi connectivity index (χ0v) is 13.2. The fourth-order valence-electron chi connectivity index (χ4n) is 2.30. The van der Waals surface area contributed by atoms with Crippen molar-refractivity contribution < 1.29 is 14.3 Å². The molecule has 0 saturated carbocycles. The molecule has 1 aliphatic heterocycles. The summed E-state index contributed by atoms with van der Waals surface area (Å²) >= 11 is 1.63. The number of rotatable bonds is 6. The van der Waals surface area contributed by atoms with Gasteiger partial charge in [-0.3, -0.25) is 4.79 Å². The van der Waals surface area contributed by atoms with Gasteiger partial charge in [0.1, 0.15) is 0 Å². The summed E-state index contributed by atoms with van der Waals surface area (Å²) in [5.41, 5.74) is 2.12. The standard InChI is InChI=1S/C16H18N2O3S/c1-11-18-13(9-22-11)6-7-17-16(19)5-3-12-2-4-14-15(8-12)21-10-20-14/h2,4,8-9H,3,5-7,10H2,1H3,(H,17,19). The molecule has 0 fully saturated rings. The molecule has 22 heavy (non-hydrogen) atoms. The molecule has 1 N–H and O–H groups in total. The van der Waals surface area contributed by atoms with Crippen molar-refractivity contribution in [2.24, 2.45) is 0 Å². The first-order valence-electron chi connectivity index (χ1n) is 7.27. The number of aryl methyl sites for hydroxylation is 2. The number of carbonyl (C=O) groups excluding carboxylic acids is 1. The topological polar surface area (TPSA) is 60.5 Å². The Labute approximate surface area is 133 Å². The molecule has 0 spiro atoms. The third kappa shape index (κ3) is 3.76. The second-order valence-electron chi connectivity index (χ2n) is 5.15. The van der Waals surface area contributed by atoms with E-state index in [4.69, 9.17) is 9.47 Å². The summed E-state index contributed by atoms with van der Waals surface area (Å²) in [7, 11) is 0. The molecule has 2 heterocycles. The zero-order valence-electron chi connectivity index (χ0n) is 12.4. The third-order valence-electron chi connectivity index (χ3n) is 3.45. The predicted octanol–water partition coefficient (Wildman–Crippen LogP) is 2.47. The van der Waals surface area contributed by atoms with Crippen LogP contribution in [0.25, 0.3) is 0 Å². The van der Waals surface area contributed by atoms with E-state index in [0.29, 0.717) is 19.4 Å². The van der Waals surface area contributed by atoms with E-state index < -0.39 is 0 Å². The first-order chi connectivity index (χ1) is 10.7. The molecule has 2 aromatic rings. The van der Waals surface area contributed by atoms with Crippen LogP contribution in [0.3, 0.4) is 0 Å². The number of ether oxygens (including phenoxy) is 2. The quantitative estimate of drug-likeness (QED) is 0.889. The lowest BCUT2D eigenvalue weighted by molar-refractivity contribution is -0.121. The molecule has 0 unspecified atom stereocenters. The average molecular weight is 318 g/mol. The first-order valence-corrected chi connectivity index (χ1v) is 8.15. The maximum Gasteiger partial charge on any atom is 0.231 e. The van der Waals surface area contributed by atoms with Crippen LogP contribution < -0.4 is 14.8 Å². The highest BCUT2D eigenvalue weighted by atomic mass is 32.1. The number of fused-ring (bicyclic) bond motifs is 1. The van der Waals surface area contributed by atoms with Crippen LogP contribution in [0.5, 0.6) is 11.5 Å². The van der Waals surface area contributed by atoms with Crippen molar-refractivity contribution >= 4 is 17.2 Å². The molecule has 1 aromatic carbocycles. The van der Waals surface area contributed by atoms with Crippen molar-refractivity contribution in [2.45, 2.75) is 26.2 Å². The van der Waals surface area contributed by atoms with Crippen molar-refractivity contribution in [1.82, 2.24) is 10.3 Å². The molecule has 116 valence electrons. The smallest absolute Gasteiger partial charge is 0.231 e. The summed E-state index contributed by atoms with van der Waals surface area (Å²) in [5, 5.41) is 6.03. The van der Waals surface area contributed by atoms with E-state index >= 15 is 0 Å². The van der Waals surface area contributed by atoms with E-state index in [9.17, 15) is 4.79 Å². The second kappa shape index (κ2) is 6.79. The van der Waals surface area contributed by atoms with Gasteiger partial charge in [-0.1, -0.05) is 6.07 Å². The molecule has 0 bridgehead atoms. The molecule has 1 amide bonds. The number of nitrogens with one attached hydrogen (secondary N) is 1. The van der Waals surface area contributed by atoms with E-state index in [1.54, 1.807) is 11.3 Å². The minimum absolute atomic E-state index is 0.0598. The minimum atomic E-state index is 0.0598. The van der Waals surface area contributed by atoms with Crippen LogP contribution in [0, 0.1) is 6.92 Å². The van der Waals surface area contributed by atoms with Crippen molar-refractivity contribution in [3.8, 4) is 11.5 Å². The second-order valence-corrected chi connectivity index (χ2v) is 6.21. The lowest BCUT2D eigenvalue weighted by atomic mass is 10.1. The molecular weight excluding hydrogens is 300 g/mol. The number of hydrogen-bond donors (Lipinski definition) is 1. The molecule has 6 heteroatoms. The number of carbonyl (C=O) groups is 1. The van der Waals surface area contributed by atoms with Crippen molar-refractivity contribution in [1.29, 1.82) is 0 Å². The lowest BCUT2D eigenvalue weighted by Gasteiger charge is -2.05. The van der Waals surface area contributed by atoms with Gasteiger partial charge in [-0.05, 0) is 31.0 Å². The van der Waals surface area contributed by atoms with E-state index in [-0.39, 0.29) is 12.7 Å². The summed E-state index contributed by atoms with van der Waals surface area (Å²) in [5.74, 6) is 1.59.